The van der Waals surface area contributed by atoms with Crippen molar-refractivity contribution >= 4 is 5.91 Å². The summed E-state index contributed by atoms with van der Waals surface area (Å²) in [6.07, 6.45) is 6.71. The SMILES string of the molecule is C#CC1CC(=O)N(CCc2cccc(OCC)c2)C1. The molecule has 1 fully saturated rings. The van der Waals surface area contributed by atoms with Crippen LogP contribution < -0.4 is 4.74 Å². The van der Waals surface area contributed by atoms with E-state index in [-0.39, 0.29) is 11.8 Å². The number of amides is 1. The fourth-order valence-electron chi connectivity index (χ4n) is 2.32. The van der Waals surface area contributed by atoms with Crippen LogP contribution in [0.2, 0.25) is 0 Å². The van der Waals surface area contributed by atoms with Gasteiger partial charge < -0.3 is 9.64 Å². The Morgan fingerprint density at radius 3 is 3.05 bits per heavy atom. The largest absolute Gasteiger partial charge is 0.494 e. The number of ether oxygens (including phenoxy) is 1. The Balaban J connectivity index is 1.90. The molecule has 1 amide bonds. The molecular weight excluding hydrogens is 238 g/mol. The molecule has 1 heterocycles. The Kier molecular flexibility index (Phi) is 4.46. The van der Waals surface area contributed by atoms with Crippen LogP contribution in [0.5, 0.6) is 5.75 Å². The van der Waals surface area contributed by atoms with Gasteiger partial charge in [0.25, 0.3) is 0 Å². The molecule has 3 nitrogen and oxygen atoms in total. The highest BCUT2D eigenvalue weighted by Gasteiger charge is 2.27. The predicted octanol–water partition coefficient (Wildman–Crippen LogP) is 2.11. The maximum Gasteiger partial charge on any atom is 0.223 e. The zero-order valence-corrected chi connectivity index (χ0v) is 11.3. The van der Waals surface area contributed by atoms with Crippen LogP contribution in [0.15, 0.2) is 24.3 Å². The second-order valence-corrected chi connectivity index (χ2v) is 4.74. The molecule has 0 radical (unpaired) electrons. The summed E-state index contributed by atoms with van der Waals surface area (Å²) in [7, 11) is 0. The molecule has 100 valence electrons. The minimum atomic E-state index is 0.0854. The van der Waals surface area contributed by atoms with E-state index in [1.54, 1.807) is 0 Å². The van der Waals surface area contributed by atoms with Crippen LogP contribution in [0.4, 0.5) is 0 Å². The second-order valence-electron chi connectivity index (χ2n) is 4.74. The summed E-state index contributed by atoms with van der Waals surface area (Å²) in [6.45, 7) is 4.06. The van der Waals surface area contributed by atoms with Crippen molar-refractivity contribution in [3.05, 3.63) is 29.8 Å². The Morgan fingerprint density at radius 1 is 1.53 bits per heavy atom. The standard InChI is InChI=1S/C16H19NO2/c1-3-13-11-16(18)17(12-13)9-8-14-6-5-7-15(10-14)19-4-2/h1,5-7,10,13H,4,8-9,11-12H2,2H3. The third kappa shape index (κ3) is 3.51. The third-order valence-electron chi connectivity index (χ3n) is 3.33. The first-order chi connectivity index (χ1) is 9.22. The smallest absolute Gasteiger partial charge is 0.223 e. The Bertz CT molecular complexity index is 490. The molecule has 1 atom stereocenters. The normalized spacial score (nSPS) is 18.4. The average Bonchev–Trinajstić information content (AvgIpc) is 2.78. The minimum absolute atomic E-state index is 0.0854. The van der Waals surface area contributed by atoms with Gasteiger partial charge in [0.15, 0.2) is 0 Å². The summed E-state index contributed by atoms with van der Waals surface area (Å²) < 4.78 is 5.47. The van der Waals surface area contributed by atoms with Gasteiger partial charge in [-0.05, 0) is 31.0 Å². The number of hydrogen-bond acceptors (Lipinski definition) is 2. The summed E-state index contributed by atoms with van der Waals surface area (Å²) in [6, 6.07) is 8.02. The first-order valence-electron chi connectivity index (χ1n) is 6.68. The topological polar surface area (TPSA) is 29.5 Å². The summed E-state index contributed by atoms with van der Waals surface area (Å²) in [4.78, 5) is 13.6. The van der Waals surface area contributed by atoms with E-state index in [4.69, 9.17) is 11.2 Å². The maximum absolute atomic E-state index is 11.7. The maximum atomic E-state index is 11.7. The minimum Gasteiger partial charge on any atom is -0.494 e. The van der Waals surface area contributed by atoms with Gasteiger partial charge in [0, 0.05) is 25.4 Å². The van der Waals surface area contributed by atoms with E-state index in [9.17, 15) is 4.79 Å². The van der Waals surface area contributed by atoms with Crippen LogP contribution in [-0.4, -0.2) is 30.5 Å². The van der Waals surface area contributed by atoms with Gasteiger partial charge in [0.05, 0.1) is 6.61 Å². The molecule has 0 aromatic heterocycles. The molecule has 0 N–H and O–H groups in total. The highest BCUT2D eigenvalue weighted by atomic mass is 16.5. The number of terminal acetylenes is 1. The highest BCUT2D eigenvalue weighted by Crippen LogP contribution is 2.18. The molecule has 1 aromatic carbocycles. The van der Waals surface area contributed by atoms with Gasteiger partial charge in [-0.3, -0.25) is 4.79 Å². The third-order valence-corrected chi connectivity index (χ3v) is 3.33. The number of carbonyl (C=O) groups is 1. The summed E-state index contributed by atoms with van der Waals surface area (Å²) >= 11 is 0. The first kappa shape index (κ1) is 13.5. The van der Waals surface area contributed by atoms with E-state index in [2.05, 4.69) is 12.0 Å². The number of rotatable bonds is 5. The van der Waals surface area contributed by atoms with Crippen LogP contribution in [0.1, 0.15) is 18.9 Å². The zero-order valence-electron chi connectivity index (χ0n) is 11.3. The van der Waals surface area contributed by atoms with E-state index in [1.165, 1.54) is 5.56 Å². The first-order valence-corrected chi connectivity index (χ1v) is 6.68. The lowest BCUT2D eigenvalue weighted by Crippen LogP contribution is -2.27. The molecule has 1 saturated heterocycles. The molecule has 3 heteroatoms. The lowest BCUT2D eigenvalue weighted by Gasteiger charge is -2.16. The number of nitrogens with zero attached hydrogens (tertiary/aromatic N) is 1. The van der Waals surface area contributed by atoms with Gasteiger partial charge in [-0.25, -0.2) is 0 Å². The second kappa shape index (κ2) is 6.29. The van der Waals surface area contributed by atoms with E-state index < -0.39 is 0 Å². The predicted molar refractivity (Wildman–Crippen MR) is 74.8 cm³/mol. The molecule has 0 spiro atoms. The van der Waals surface area contributed by atoms with E-state index >= 15 is 0 Å². The van der Waals surface area contributed by atoms with Crippen LogP contribution in [-0.2, 0) is 11.2 Å². The highest BCUT2D eigenvalue weighted by molar-refractivity contribution is 5.79. The number of benzene rings is 1. The zero-order chi connectivity index (χ0) is 13.7. The van der Waals surface area contributed by atoms with Crippen molar-refractivity contribution in [2.45, 2.75) is 19.8 Å². The molecule has 1 aliphatic heterocycles. The van der Waals surface area contributed by atoms with Gasteiger partial charge in [0.1, 0.15) is 5.75 Å². The number of hydrogen-bond donors (Lipinski definition) is 0. The molecule has 0 saturated carbocycles. The molecule has 19 heavy (non-hydrogen) atoms. The van der Waals surface area contributed by atoms with Crippen molar-refractivity contribution in [2.24, 2.45) is 5.92 Å². The van der Waals surface area contributed by atoms with Crippen molar-refractivity contribution < 1.29 is 9.53 Å². The van der Waals surface area contributed by atoms with Gasteiger partial charge in [-0.2, -0.15) is 0 Å². The van der Waals surface area contributed by atoms with Crippen molar-refractivity contribution in [3.8, 4) is 18.1 Å². The summed E-state index contributed by atoms with van der Waals surface area (Å²) in [5, 5.41) is 0. The molecule has 2 rings (SSSR count). The molecule has 1 unspecified atom stereocenters. The Labute approximate surface area is 114 Å². The molecule has 0 bridgehead atoms. The average molecular weight is 257 g/mol. The Hall–Kier alpha value is -1.95. The fraction of sp³-hybridized carbons (Fsp3) is 0.438. The van der Waals surface area contributed by atoms with Crippen LogP contribution in [0.25, 0.3) is 0 Å². The molecule has 1 aromatic rings. The van der Waals surface area contributed by atoms with Crippen molar-refractivity contribution in [1.29, 1.82) is 0 Å². The molecule has 0 aliphatic carbocycles. The van der Waals surface area contributed by atoms with Gasteiger partial charge in [-0.1, -0.05) is 12.1 Å². The lowest BCUT2D eigenvalue weighted by molar-refractivity contribution is -0.127. The van der Waals surface area contributed by atoms with E-state index in [1.807, 2.05) is 30.0 Å². The monoisotopic (exact) mass is 257 g/mol. The van der Waals surface area contributed by atoms with Crippen LogP contribution in [0, 0.1) is 18.3 Å². The van der Waals surface area contributed by atoms with Crippen molar-refractivity contribution in [3.63, 3.8) is 0 Å². The lowest BCUT2D eigenvalue weighted by atomic mass is 10.1. The molecule has 1 aliphatic rings. The summed E-state index contributed by atoms with van der Waals surface area (Å²) in [5.41, 5.74) is 1.18. The Morgan fingerprint density at radius 2 is 2.37 bits per heavy atom. The van der Waals surface area contributed by atoms with Gasteiger partial charge >= 0.3 is 0 Å². The van der Waals surface area contributed by atoms with Crippen molar-refractivity contribution in [1.82, 2.24) is 4.90 Å². The fourth-order valence-corrected chi connectivity index (χ4v) is 2.32. The number of likely N-dealkylation sites (tertiary alicyclic amines) is 1. The quantitative estimate of drug-likeness (QED) is 0.756. The van der Waals surface area contributed by atoms with Gasteiger partial charge in [-0.15, -0.1) is 12.3 Å². The number of carbonyl (C=O) groups excluding carboxylic acids is 1. The van der Waals surface area contributed by atoms with Crippen LogP contribution >= 0.6 is 0 Å². The molecular formula is C16H19NO2. The van der Waals surface area contributed by atoms with Gasteiger partial charge in [0.2, 0.25) is 5.91 Å². The van der Waals surface area contributed by atoms with Crippen LogP contribution in [0.3, 0.4) is 0 Å². The van der Waals surface area contributed by atoms with E-state index in [0.717, 1.165) is 18.7 Å². The van der Waals surface area contributed by atoms with Crippen molar-refractivity contribution in [2.75, 3.05) is 19.7 Å². The summed E-state index contributed by atoms with van der Waals surface area (Å²) in [5.74, 6) is 3.81. The van der Waals surface area contributed by atoms with E-state index in [0.29, 0.717) is 19.6 Å².